The van der Waals surface area contributed by atoms with Gasteiger partial charge < -0.3 is 14.6 Å². The highest BCUT2D eigenvalue weighted by Crippen LogP contribution is 2.41. The van der Waals surface area contributed by atoms with Crippen molar-refractivity contribution < 1.29 is 23.8 Å². The smallest absolute Gasteiger partial charge is 0.306 e. The van der Waals surface area contributed by atoms with E-state index in [0.29, 0.717) is 26.1 Å². The Hall–Kier alpha value is -3.36. The van der Waals surface area contributed by atoms with Crippen LogP contribution < -0.4 is 0 Å². The molecule has 4 aromatic rings. The summed E-state index contributed by atoms with van der Waals surface area (Å²) in [6.07, 6.45) is 7.62. The largest absolute Gasteiger partial charge is 0.481 e. The monoisotopic (exact) mass is 531 g/mol. The minimum atomic E-state index is -0.804. The second kappa shape index (κ2) is 11.0. The van der Waals surface area contributed by atoms with E-state index >= 15 is 0 Å². The summed E-state index contributed by atoms with van der Waals surface area (Å²) in [5, 5.41) is 17.3. The number of pyridine rings is 1. The number of rotatable bonds is 7. The first-order chi connectivity index (χ1) is 19.0. The Morgan fingerprint density at radius 1 is 1.10 bits per heavy atom. The maximum atomic E-state index is 14.0. The van der Waals surface area contributed by atoms with Gasteiger partial charge in [-0.2, -0.15) is 5.10 Å². The topological polar surface area (TPSA) is 86.5 Å². The molecule has 1 unspecified atom stereocenters. The predicted octanol–water partition coefficient (Wildman–Crippen LogP) is 6.64. The van der Waals surface area contributed by atoms with Crippen LogP contribution >= 0.6 is 0 Å². The van der Waals surface area contributed by atoms with Crippen LogP contribution in [0.1, 0.15) is 69.0 Å². The fourth-order valence-corrected chi connectivity index (χ4v) is 5.94. The summed E-state index contributed by atoms with van der Waals surface area (Å²) in [5.41, 5.74) is 4.79. The predicted molar refractivity (Wildman–Crippen MR) is 147 cm³/mol. The average molecular weight is 532 g/mol. The summed E-state index contributed by atoms with van der Waals surface area (Å²) in [6.45, 7) is 3.81. The molecular formula is C31H34FN3O4. The summed E-state index contributed by atoms with van der Waals surface area (Å²) in [7, 11) is 0. The van der Waals surface area contributed by atoms with Crippen molar-refractivity contribution in [3.05, 3.63) is 59.8 Å². The minimum Gasteiger partial charge on any atom is -0.481 e. The summed E-state index contributed by atoms with van der Waals surface area (Å²) in [5.74, 6) is -1.36. The van der Waals surface area contributed by atoms with Gasteiger partial charge in [0, 0.05) is 47.8 Å². The van der Waals surface area contributed by atoms with E-state index in [2.05, 4.69) is 12.1 Å². The molecule has 39 heavy (non-hydrogen) atoms. The third-order valence-corrected chi connectivity index (χ3v) is 8.23. The van der Waals surface area contributed by atoms with Crippen LogP contribution in [-0.4, -0.2) is 45.7 Å². The second-order valence-corrected chi connectivity index (χ2v) is 10.9. The molecule has 2 aliphatic rings. The molecule has 0 saturated carbocycles. The lowest BCUT2D eigenvalue weighted by atomic mass is 9.86. The fraction of sp³-hybridized carbons (Fsp3) is 0.452. The molecule has 0 amide bonds. The van der Waals surface area contributed by atoms with Crippen LogP contribution in [0.5, 0.6) is 0 Å². The molecule has 0 bridgehead atoms. The molecule has 7 nitrogen and oxygen atoms in total. The lowest BCUT2D eigenvalue weighted by Crippen LogP contribution is -2.19. The van der Waals surface area contributed by atoms with E-state index < -0.39 is 11.9 Å². The highest BCUT2D eigenvalue weighted by molar-refractivity contribution is 6.05. The Balaban J connectivity index is 1.59. The van der Waals surface area contributed by atoms with Crippen LogP contribution in [-0.2, 0) is 20.7 Å². The number of fused-ring (bicyclic) bond motifs is 2. The SMILES string of the molecule is C[C@H](CCc1nc(C2CCOCC2)c(-c2ccc(F)cc2)c2cc3cnn(C4CCCCO4)c3cc12)C(=O)O. The molecule has 1 N–H and O–H groups in total. The average Bonchev–Trinajstić information content (AvgIpc) is 3.38. The lowest BCUT2D eigenvalue weighted by molar-refractivity contribution is -0.141. The molecule has 0 aliphatic carbocycles. The molecule has 6 rings (SSSR count). The van der Waals surface area contributed by atoms with Gasteiger partial charge in [-0.1, -0.05) is 19.1 Å². The normalized spacial score (nSPS) is 19.5. The van der Waals surface area contributed by atoms with Gasteiger partial charge in [0.05, 0.1) is 23.3 Å². The third kappa shape index (κ3) is 5.15. The first kappa shape index (κ1) is 25.9. The number of ether oxygens (including phenoxy) is 2. The van der Waals surface area contributed by atoms with Gasteiger partial charge in [-0.05, 0) is 80.2 Å². The second-order valence-electron chi connectivity index (χ2n) is 10.9. The maximum Gasteiger partial charge on any atom is 0.306 e. The van der Waals surface area contributed by atoms with Gasteiger partial charge in [-0.3, -0.25) is 9.78 Å². The Morgan fingerprint density at radius 3 is 2.62 bits per heavy atom. The van der Waals surface area contributed by atoms with Crippen LogP contribution in [0.2, 0.25) is 0 Å². The summed E-state index contributed by atoms with van der Waals surface area (Å²) in [6, 6.07) is 11.0. The number of aliphatic carboxylic acids is 1. The Kier molecular flexibility index (Phi) is 7.32. The van der Waals surface area contributed by atoms with Gasteiger partial charge in [0.25, 0.3) is 0 Å². The molecule has 2 atom stereocenters. The summed E-state index contributed by atoms with van der Waals surface area (Å²) in [4.78, 5) is 16.9. The molecule has 4 heterocycles. The lowest BCUT2D eigenvalue weighted by Gasteiger charge is -2.26. The first-order valence-corrected chi connectivity index (χ1v) is 14.0. The zero-order valence-electron chi connectivity index (χ0n) is 22.2. The van der Waals surface area contributed by atoms with Crippen LogP contribution in [0.3, 0.4) is 0 Å². The number of hydrogen-bond acceptors (Lipinski definition) is 5. The molecule has 2 aliphatic heterocycles. The molecular weight excluding hydrogens is 497 g/mol. The van der Waals surface area contributed by atoms with Crippen LogP contribution in [0, 0.1) is 11.7 Å². The number of nitrogens with zero attached hydrogens (tertiary/aromatic N) is 3. The first-order valence-electron chi connectivity index (χ1n) is 14.0. The van der Waals surface area contributed by atoms with Gasteiger partial charge in [0.2, 0.25) is 0 Å². The standard InChI is InChI=1S/C31H34FN3O4/c1-19(31(36)37)5-10-26-24-17-27-22(18-33-35(27)28-4-2-3-13-39-28)16-25(24)29(20-6-8-23(32)9-7-20)30(34-26)21-11-14-38-15-12-21/h6-9,16-19,21,28H,2-5,10-15H2,1H3,(H,36,37)/t19-,28?/m1/s1. The zero-order valence-corrected chi connectivity index (χ0v) is 22.2. The van der Waals surface area contributed by atoms with E-state index in [9.17, 15) is 14.3 Å². The van der Waals surface area contributed by atoms with Gasteiger partial charge >= 0.3 is 5.97 Å². The van der Waals surface area contributed by atoms with Crippen molar-refractivity contribution in [1.82, 2.24) is 14.8 Å². The molecule has 2 saturated heterocycles. The van der Waals surface area contributed by atoms with E-state index in [1.165, 1.54) is 12.1 Å². The molecule has 0 spiro atoms. The maximum absolute atomic E-state index is 14.0. The van der Waals surface area contributed by atoms with Crippen molar-refractivity contribution in [3.8, 4) is 11.1 Å². The van der Waals surface area contributed by atoms with Crippen LogP contribution in [0.25, 0.3) is 32.8 Å². The van der Waals surface area contributed by atoms with Gasteiger partial charge in [0.1, 0.15) is 5.82 Å². The van der Waals surface area contributed by atoms with E-state index in [1.54, 1.807) is 6.92 Å². The third-order valence-electron chi connectivity index (χ3n) is 8.23. The molecule has 8 heteroatoms. The quantitative estimate of drug-likeness (QED) is 0.288. The van der Waals surface area contributed by atoms with Gasteiger partial charge in [-0.15, -0.1) is 0 Å². The number of carboxylic acid groups (broad SMARTS) is 1. The molecule has 2 fully saturated rings. The fourth-order valence-electron chi connectivity index (χ4n) is 5.94. The zero-order chi connectivity index (χ0) is 26.9. The number of hydrogen-bond donors (Lipinski definition) is 1. The van der Waals surface area contributed by atoms with Crippen molar-refractivity contribution in [2.75, 3.05) is 19.8 Å². The van der Waals surface area contributed by atoms with Crippen LogP contribution in [0.15, 0.2) is 42.6 Å². The molecule has 2 aromatic carbocycles. The number of halogens is 1. The summed E-state index contributed by atoms with van der Waals surface area (Å²) < 4.78 is 27.6. The molecule has 204 valence electrons. The van der Waals surface area contributed by atoms with Crippen molar-refractivity contribution in [1.29, 1.82) is 0 Å². The van der Waals surface area contributed by atoms with Gasteiger partial charge in [-0.25, -0.2) is 9.07 Å². The number of aromatic nitrogens is 3. The Morgan fingerprint density at radius 2 is 1.90 bits per heavy atom. The number of benzene rings is 2. The minimum absolute atomic E-state index is 0.102. The molecule has 2 aromatic heterocycles. The Labute approximate surface area is 226 Å². The van der Waals surface area contributed by atoms with Crippen molar-refractivity contribution in [3.63, 3.8) is 0 Å². The van der Waals surface area contributed by atoms with Crippen molar-refractivity contribution in [2.24, 2.45) is 5.92 Å². The van der Waals surface area contributed by atoms with Crippen molar-refractivity contribution >= 4 is 27.6 Å². The van der Waals surface area contributed by atoms with E-state index in [1.807, 2.05) is 23.0 Å². The van der Waals surface area contributed by atoms with E-state index in [0.717, 1.165) is 82.9 Å². The van der Waals surface area contributed by atoms with E-state index in [-0.39, 0.29) is 18.0 Å². The van der Waals surface area contributed by atoms with E-state index in [4.69, 9.17) is 19.6 Å². The molecule has 0 radical (unpaired) electrons. The summed E-state index contributed by atoms with van der Waals surface area (Å²) >= 11 is 0. The van der Waals surface area contributed by atoms with Crippen LogP contribution in [0.4, 0.5) is 4.39 Å². The van der Waals surface area contributed by atoms with Crippen molar-refractivity contribution in [2.45, 2.75) is 64.0 Å². The highest BCUT2D eigenvalue weighted by Gasteiger charge is 2.26. The number of carbonyl (C=O) groups is 1. The highest BCUT2D eigenvalue weighted by atomic mass is 19.1. The van der Waals surface area contributed by atoms with Gasteiger partial charge in [0.15, 0.2) is 6.23 Å². The number of carboxylic acids is 1. The number of aryl methyl sites for hydroxylation is 1. The Bertz CT molecular complexity index is 1490.